The zero-order valence-electron chi connectivity index (χ0n) is 21.1. The molecule has 11 heteroatoms. The van der Waals surface area contributed by atoms with Crippen LogP contribution in [0.5, 0.6) is 0 Å². The first-order valence-corrected chi connectivity index (χ1v) is 12.4. The van der Waals surface area contributed by atoms with E-state index >= 15 is 0 Å². The molecule has 0 aromatic heterocycles. The van der Waals surface area contributed by atoms with Gasteiger partial charge in [0.1, 0.15) is 11.9 Å². The topological polar surface area (TPSA) is 78.5 Å². The Bertz CT molecular complexity index is 1380. The second-order valence-electron chi connectivity index (χ2n) is 9.43. The predicted molar refractivity (Wildman–Crippen MR) is 140 cm³/mol. The Labute approximate surface area is 223 Å². The fraction of sp³-hybridized carbons (Fsp3) is 0.250. The molecule has 3 amide bonds. The molecule has 0 aliphatic carbocycles. The largest absolute Gasteiger partial charge is 0.419 e. The van der Waals surface area contributed by atoms with Gasteiger partial charge in [0.25, 0.3) is 0 Å². The number of hydrogen-bond donors (Lipinski definition) is 2. The summed E-state index contributed by atoms with van der Waals surface area (Å²) in [6.45, 7) is 0.653. The first kappa shape index (κ1) is 27.9. The molecule has 39 heavy (non-hydrogen) atoms. The van der Waals surface area contributed by atoms with Crippen molar-refractivity contribution in [1.82, 2.24) is 10.2 Å². The first-order chi connectivity index (χ1) is 18.5. The molecular formula is C28H26BF4N3O3. The lowest BCUT2D eigenvalue weighted by Gasteiger charge is -2.33. The lowest BCUT2D eigenvalue weighted by molar-refractivity contribution is -0.140. The van der Waals surface area contributed by atoms with Crippen LogP contribution >= 0.6 is 0 Å². The van der Waals surface area contributed by atoms with Crippen molar-refractivity contribution in [2.24, 2.45) is 0 Å². The molecule has 0 unspecified atom stereocenters. The van der Waals surface area contributed by atoms with Gasteiger partial charge >= 0.3 is 6.18 Å². The highest BCUT2D eigenvalue weighted by Crippen LogP contribution is 2.32. The van der Waals surface area contributed by atoms with Crippen molar-refractivity contribution in [3.05, 3.63) is 100 Å². The van der Waals surface area contributed by atoms with Gasteiger partial charge < -0.3 is 15.5 Å². The summed E-state index contributed by atoms with van der Waals surface area (Å²) in [5.74, 6) is -2.45. The van der Waals surface area contributed by atoms with Gasteiger partial charge in [-0.3, -0.25) is 14.4 Å². The van der Waals surface area contributed by atoms with Crippen LogP contribution in [0.2, 0.25) is 0 Å². The standard InChI is InChI=1S/C28H26BF4N3O3/c29-27(39)35-24(14-17-5-2-1-3-6-17)26(38)36-12-11-20-19(16-36)7-4-8-23(20)34-25(37)15-18-9-10-21(22(30)13-18)28(31,32)33/h1-10,13,24H,11-12,14-16,29H2,(H,34,37)(H,35,39)/t24-/m0/s1. The number of benzene rings is 3. The lowest BCUT2D eigenvalue weighted by atomic mass is 9.96. The van der Waals surface area contributed by atoms with Crippen molar-refractivity contribution in [2.75, 3.05) is 11.9 Å². The number of carbonyl (C=O) groups excluding carboxylic acids is 3. The van der Waals surface area contributed by atoms with Gasteiger partial charge in [0.15, 0.2) is 5.81 Å². The van der Waals surface area contributed by atoms with Crippen LogP contribution in [0.1, 0.15) is 27.8 Å². The number of alkyl halides is 3. The third kappa shape index (κ3) is 7.04. The number of nitrogens with one attached hydrogen (secondary N) is 2. The average Bonchev–Trinajstić information content (AvgIpc) is 2.87. The van der Waals surface area contributed by atoms with E-state index in [1.807, 2.05) is 36.4 Å². The van der Waals surface area contributed by atoms with Crippen LogP contribution in [0, 0.1) is 5.82 Å². The Kier molecular flexibility index (Phi) is 8.37. The molecule has 0 spiro atoms. The van der Waals surface area contributed by atoms with E-state index in [2.05, 4.69) is 10.6 Å². The number of nitrogens with zero attached hydrogens (tertiary/aromatic N) is 1. The molecule has 3 aromatic rings. The van der Waals surface area contributed by atoms with Crippen LogP contribution in [-0.2, 0) is 41.6 Å². The predicted octanol–water partition coefficient (Wildman–Crippen LogP) is 3.86. The number of halogens is 4. The van der Waals surface area contributed by atoms with Crippen LogP contribution in [-0.4, -0.2) is 43.0 Å². The van der Waals surface area contributed by atoms with Gasteiger partial charge in [-0.1, -0.05) is 48.5 Å². The molecule has 1 atom stereocenters. The van der Waals surface area contributed by atoms with Crippen LogP contribution in [0.3, 0.4) is 0 Å². The summed E-state index contributed by atoms with van der Waals surface area (Å²) in [7, 11) is 1.37. The molecule has 0 fully saturated rings. The van der Waals surface area contributed by atoms with Gasteiger partial charge in [0.05, 0.1) is 12.0 Å². The van der Waals surface area contributed by atoms with Crippen molar-refractivity contribution in [2.45, 2.75) is 38.0 Å². The average molecular weight is 539 g/mol. The number of fused-ring (bicyclic) bond motifs is 1. The molecule has 3 aromatic carbocycles. The van der Waals surface area contributed by atoms with Crippen molar-refractivity contribution < 1.29 is 31.9 Å². The van der Waals surface area contributed by atoms with Crippen molar-refractivity contribution in [3.63, 3.8) is 0 Å². The molecular weight excluding hydrogens is 513 g/mol. The maximum absolute atomic E-state index is 13.9. The second-order valence-corrected chi connectivity index (χ2v) is 9.43. The zero-order valence-corrected chi connectivity index (χ0v) is 21.1. The number of rotatable bonds is 7. The molecule has 0 radical (unpaired) electrons. The first-order valence-electron chi connectivity index (χ1n) is 12.4. The highest BCUT2D eigenvalue weighted by molar-refractivity contribution is 6.57. The Morgan fingerprint density at radius 2 is 1.72 bits per heavy atom. The second kappa shape index (κ2) is 11.7. The van der Waals surface area contributed by atoms with Gasteiger partial charge in [-0.25, -0.2) is 4.39 Å². The van der Waals surface area contributed by atoms with E-state index in [0.717, 1.165) is 22.8 Å². The molecule has 202 valence electrons. The summed E-state index contributed by atoms with van der Waals surface area (Å²) in [4.78, 5) is 39.5. The smallest absolute Gasteiger partial charge is 0.353 e. The minimum atomic E-state index is -4.81. The maximum Gasteiger partial charge on any atom is 0.419 e. The summed E-state index contributed by atoms with van der Waals surface area (Å²) in [6.07, 6.45) is -4.32. The summed E-state index contributed by atoms with van der Waals surface area (Å²) in [5, 5.41) is 5.51. The summed E-state index contributed by atoms with van der Waals surface area (Å²) in [6, 6.07) is 16.4. The van der Waals surface area contributed by atoms with E-state index in [4.69, 9.17) is 0 Å². The van der Waals surface area contributed by atoms with Crippen molar-refractivity contribution in [1.29, 1.82) is 0 Å². The van der Waals surface area contributed by atoms with Crippen LogP contribution in [0.15, 0.2) is 66.7 Å². The van der Waals surface area contributed by atoms with E-state index in [-0.39, 0.29) is 30.2 Å². The molecule has 0 bridgehead atoms. The number of amides is 3. The molecule has 2 N–H and O–H groups in total. The van der Waals surface area contributed by atoms with Gasteiger partial charge in [0, 0.05) is 25.2 Å². The fourth-order valence-corrected chi connectivity index (χ4v) is 4.71. The Morgan fingerprint density at radius 1 is 0.974 bits per heavy atom. The fourth-order valence-electron chi connectivity index (χ4n) is 4.71. The van der Waals surface area contributed by atoms with E-state index < -0.39 is 29.5 Å². The zero-order chi connectivity index (χ0) is 28.2. The van der Waals surface area contributed by atoms with E-state index in [1.54, 1.807) is 17.0 Å². The van der Waals surface area contributed by atoms with Gasteiger partial charge in [-0.05, 0) is 46.9 Å². The van der Waals surface area contributed by atoms with Gasteiger partial charge in [-0.15, -0.1) is 0 Å². The molecule has 1 aliphatic rings. The van der Waals surface area contributed by atoms with Crippen LogP contribution < -0.4 is 10.6 Å². The van der Waals surface area contributed by atoms with Crippen molar-refractivity contribution in [3.8, 4) is 0 Å². The Morgan fingerprint density at radius 3 is 2.38 bits per heavy atom. The highest BCUT2D eigenvalue weighted by atomic mass is 19.4. The maximum atomic E-state index is 13.9. The SMILES string of the molecule is BC(=O)N[C@@H](Cc1ccccc1)C(=O)N1CCc2c(cccc2NC(=O)Cc2ccc(C(F)(F)F)c(F)c2)C1. The third-order valence-electron chi connectivity index (χ3n) is 6.51. The van der Waals surface area contributed by atoms with Crippen molar-refractivity contribution >= 4 is 31.2 Å². The highest BCUT2D eigenvalue weighted by Gasteiger charge is 2.34. The van der Waals surface area contributed by atoms with E-state index in [9.17, 15) is 31.9 Å². The molecule has 4 rings (SSSR count). The molecule has 0 saturated heterocycles. The van der Waals surface area contributed by atoms with Crippen LogP contribution in [0.4, 0.5) is 28.0 Å². The lowest BCUT2D eigenvalue weighted by Crippen LogP contribution is -2.50. The number of anilines is 1. The van der Waals surface area contributed by atoms with Gasteiger partial charge in [-0.2, -0.15) is 13.2 Å². The minimum Gasteiger partial charge on any atom is -0.353 e. The number of hydrogen-bond acceptors (Lipinski definition) is 3. The Hall–Kier alpha value is -4.15. The molecule has 1 aliphatic heterocycles. The van der Waals surface area contributed by atoms with Crippen LogP contribution in [0.25, 0.3) is 0 Å². The molecule has 1 heterocycles. The van der Waals surface area contributed by atoms with E-state index in [1.165, 1.54) is 7.85 Å². The summed E-state index contributed by atoms with van der Waals surface area (Å²) < 4.78 is 52.3. The summed E-state index contributed by atoms with van der Waals surface area (Å²) in [5.41, 5.74) is 1.84. The van der Waals surface area contributed by atoms with E-state index in [0.29, 0.717) is 37.2 Å². The molecule has 6 nitrogen and oxygen atoms in total. The van der Waals surface area contributed by atoms with Gasteiger partial charge in [0.2, 0.25) is 19.7 Å². The minimum absolute atomic E-state index is 0.113. The quantitative estimate of drug-likeness (QED) is 0.354. The number of carbonyl (C=O) groups is 3. The third-order valence-corrected chi connectivity index (χ3v) is 6.51. The Balaban J connectivity index is 1.44. The molecule has 0 saturated carbocycles. The normalized spacial score (nSPS) is 13.8. The monoisotopic (exact) mass is 539 g/mol. The summed E-state index contributed by atoms with van der Waals surface area (Å²) >= 11 is 0.